The number of fused-ring (bicyclic) bond motifs is 2. The Bertz CT molecular complexity index is 1070. The van der Waals surface area contributed by atoms with Crippen molar-refractivity contribution in [3.05, 3.63) is 70.8 Å². The van der Waals surface area contributed by atoms with Crippen LogP contribution in [0.15, 0.2) is 59.5 Å². The molecule has 0 aliphatic heterocycles. The summed E-state index contributed by atoms with van der Waals surface area (Å²) in [6, 6.07) is 16.0. The quantitative estimate of drug-likeness (QED) is 0.609. The summed E-state index contributed by atoms with van der Waals surface area (Å²) in [5.41, 5.74) is 3.44. The van der Waals surface area contributed by atoms with E-state index in [0.717, 1.165) is 22.2 Å². The molecule has 4 rings (SSSR count). The monoisotopic (exact) mass is 303 g/mol. The van der Waals surface area contributed by atoms with E-state index < -0.39 is 0 Å². The third-order valence-electron chi connectivity index (χ3n) is 4.19. The van der Waals surface area contributed by atoms with Crippen molar-refractivity contribution in [1.82, 2.24) is 14.6 Å². The molecule has 0 unspecified atom stereocenters. The smallest absolute Gasteiger partial charge is 0.272 e. The zero-order chi connectivity index (χ0) is 16.0. The SMILES string of the molecule is CC(C)c1cc(=O)n2[nH]cc(-c3cccc4ccccc34)c2n1. The van der Waals surface area contributed by atoms with Gasteiger partial charge in [-0.3, -0.25) is 9.89 Å². The third kappa shape index (κ3) is 2.14. The van der Waals surface area contributed by atoms with Gasteiger partial charge in [-0.1, -0.05) is 56.3 Å². The van der Waals surface area contributed by atoms with Crippen LogP contribution in [-0.2, 0) is 0 Å². The second kappa shape index (κ2) is 5.09. The van der Waals surface area contributed by atoms with Crippen LogP contribution >= 0.6 is 0 Å². The molecule has 4 heteroatoms. The van der Waals surface area contributed by atoms with Gasteiger partial charge in [0.25, 0.3) is 5.56 Å². The van der Waals surface area contributed by atoms with Crippen molar-refractivity contribution in [2.45, 2.75) is 19.8 Å². The van der Waals surface area contributed by atoms with Gasteiger partial charge in [0.05, 0.1) is 5.69 Å². The lowest BCUT2D eigenvalue weighted by molar-refractivity contribution is 0.797. The molecular weight excluding hydrogens is 286 g/mol. The Labute approximate surface area is 133 Å². The van der Waals surface area contributed by atoms with Crippen LogP contribution in [0.4, 0.5) is 0 Å². The molecule has 4 aromatic rings. The zero-order valence-electron chi connectivity index (χ0n) is 13.1. The van der Waals surface area contributed by atoms with E-state index in [-0.39, 0.29) is 11.5 Å². The molecule has 2 heterocycles. The first-order valence-corrected chi connectivity index (χ1v) is 7.74. The minimum absolute atomic E-state index is 0.0785. The summed E-state index contributed by atoms with van der Waals surface area (Å²) in [6.07, 6.45) is 1.86. The molecule has 0 fully saturated rings. The van der Waals surface area contributed by atoms with E-state index in [1.165, 1.54) is 9.90 Å². The summed E-state index contributed by atoms with van der Waals surface area (Å²) in [6.45, 7) is 4.09. The van der Waals surface area contributed by atoms with Crippen LogP contribution in [0, 0.1) is 0 Å². The number of aromatic amines is 1. The van der Waals surface area contributed by atoms with Gasteiger partial charge in [0.2, 0.25) is 0 Å². The molecule has 0 saturated carbocycles. The molecule has 114 valence electrons. The highest BCUT2D eigenvalue weighted by atomic mass is 16.1. The lowest BCUT2D eigenvalue weighted by Gasteiger charge is -2.07. The van der Waals surface area contributed by atoms with E-state index in [9.17, 15) is 4.79 Å². The van der Waals surface area contributed by atoms with Crippen LogP contribution in [0.25, 0.3) is 27.5 Å². The highest BCUT2D eigenvalue weighted by Crippen LogP contribution is 2.30. The van der Waals surface area contributed by atoms with Gasteiger partial charge in [0, 0.05) is 17.8 Å². The van der Waals surface area contributed by atoms with E-state index in [1.54, 1.807) is 6.07 Å². The third-order valence-corrected chi connectivity index (χ3v) is 4.19. The average Bonchev–Trinajstić information content (AvgIpc) is 2.98. The molecule has 0 bridgehead atoms. The number of hydrogen-bond donors (Lipinski definition) is 1. The average molecular weight is 303 g/mol. The molecule has 0 radical (unpaired) electrons. The Hall–Kier alpha value is -2.88. The van der Waals surface area contributed by atoms with Crippen molar-refractivity contribution < 1.29 is 0 Å². The van der Waals surface area contributed by atoms with Crippen LogP contribution < -0.4 is 5.56 Å². The summed E-state index contributed by atoms with van der Waals surface area (Å²) in [7, 11) is 0. The maximum atomic E-state index is 12.3. The van der Waals surface area contributed by atoms with Gasteiger partial charge in [-0.25, -0.2) is 9.50 Å². The molecule has 0 aliphatic rings. The first-order valence-electron chi connectivity index (χ1n) is 7.74. The highest BCUT2D eigenvalue weighted by molar-refractivity contribution is 5.99. The summed E-state index contributed by atoms with van der Waals surface area (Å²) < 4.78 is 1.50. The number of nitrogens with zero attached hydrogens (tertiary/aromatic N) is 2. The number of aromatic nitrogens is 3. The fourth-order valence-corrected chi connectivity index (χ4v) is 2.95. The number of hydrogen-bond acceptors (Lipinski definition) is 2. The van der Waals surface area contributed by atoms with Gasteiger partial charge in [-0.2, -0.15) is 0 Å². The van der Waals surface area contributed by atoms with Gasteiger partial charge >= 0.3 is 0 Å². The Morgan fingerprint density at radius 1 is 1.04 bits per heavy atom. The largest absolute Gasteiger partial charge is 0.296 e. The minimum atomic E-state index is -0.0785. The molecule has 2 aromatic carbocycles. The number of nitrogens with one attached hydrogen (secondary N) is 1. The number of H-pyrrole nitrogens is 1. The number of rotatable bonds is 2. The molecular formula is C19H17N3O. The fourth-order valence-electron chi connectivity index (χ4n) is 2.95. The van der Waals surface area contributed by atoms with E-state index in [0.29, 0.717) is 5.65 Å². The van der Waals surface area contributed by atoms with Crippen LogP contribution in [0.3, 0.4) is 0 Å². The predicted molar refractivity (Wildman–Crippen MR) is 92.8 cm³/mol. The number of benzene rings is 2. The summed E-state index contributed by atoms with van der Waals surface area (Å²) >= 11 is 0. The van der Waals surface area contributed by atoms with Gasteiger partial charge in [0.1, 0.15) is 0 Å². The van der Waals surface area contributed by atoms with E-state index >= 15 is 0 Å². The molecule has 0 atom stereocenters. The fraction of sp³-hybridized carbons (Fsp3) is 0.158. The van der Waals surface area contributed by atoms with E-state index in [1.807, 2.05) is 38.2 Å². The maximum absolute atomic E-state index is 12.3. The lowest BCUT2D eigenvalue weighted by atomic mass is 10.0. The molecule has 4 nitrogen and oxygen atoms in total. The Kier molecular flexibility index (Phi) is 3.05. The first kappa shape index (κ1) is 13.8. The summed E-state index contributed by atoms with van der Waals surface area (Å²) in [4.78, 5) is 17.0. The first-order chi connectivity index (χ1) is 11.1. The van der Waals surface area contributed by atoms with Crippen LogP contribution in [-0.4, -0.2) is 14.6 Å². The highest BCUT2D eigenvalue weighted by Gasteiger charge is 2.14. The van der Waals surface area contributed by atoms with Crippen molar-refractivity contribution in [3.8, 4) is 11.1 Å². The molecule has 23 heavy (non-hydrogen) atoms. The van der Waals surface area contributed by atoms with Gasteiger partial charge in [-0.15, -0.1) is 0 Å². The van der Waals surface area contributed by atoms with Crippen molar-refractivity contribution in [1.29, 1.82) is 0 Å². The van der Waals surface area contributed by atoms with Gasteiger partial charge < -0.3 is 0 Å². The second-order valence-electron chi connectivity index (χ2n) is 6.05. The lowest BCUT2D eigenvalue weighted by Crippen LogP contribution is -2.16. The second-order valence-corrected chi connectivity index (χ2v) is 6.05. The zero-order valence-corrected chi connectivity index (χ0v) is 13.1. The van der Waals surface area contributed by atoms with Gasteiger partial charge in [-0.05, 0) is 22.3 Å². The van der Waals surface area contributed by atoms with Crippen molar-refractivity contribution in [3.63, 3.8) is 0 Å². The molecule has 0 amide bonds. The molecule has 0 aliphatic carbocycles. The summed E-state index contributed by atoms with van der Waals surface area (Å²) in [5.74, 6) is 0.211. The van der Waals surface area contributed by atoms with E-state index in [2.05, 4.69) is 29.4 Å². The Balaban J connectivity index is 2.07. The molecule has 0 saturated heterocycles. The normalized spacial score (nSPS) is 11.6. The Morgan fingerprint density at radius 2 is 1.83 bits per heavy atom. The Morgan fingerprint density at radius 3 is 2.65 bits per heavy atom. The molecule has 1 N–H and O–H groups in total. The topological polar surface area (TPSA) is 50.2 Å². The summed E-state index contributed by atoms with van der Waals surface area (Å²) in [5, 5.41) is 5.35. The maximum Gasteiger partial charge on any atom is 0.272 e. The van der Waals surface area contributed by atoms with Crippen molar-refractivity contribution in [2.75, 3.05) is 0 Å². The van der Waals surface area contributed by atoms with Crippen LogP contribution in [0.5, 0.6) is 0 Å². The predicted octanol–water partition coefficient (Wildman–Crippen LogP) is 3.97. The minimum Gasteiger partial charge on any atom is -0.296 e. The van der Waals surface area contributed by atoms with Gasteiger partial charge in [0.15, 0.2) is 5.65 Å². The van der Waals surface area contributed by atoms with Crippen molar-refractivity contribution in [2.24, 2.45) is 0 Å². The molecule has 0 spiro atoms. The van der Waals surface area contributed by atoms with E-state index in [4.69, 9.17) is 4.98 Å². The molecule has 2 aromatic heterocycles. The van der Waals surface area contributed by atoms with Crippen molar-refractivity contribution >= 4 is 16.4 Å². The standard InChI is InChI=1S/C19H17N3O/c1-12(2)17-10-18(23)22-19(21-17)16(11-20-22)15-9-5-7-13-6-3-4-8-14(13)15/h3-12,20H,1-2H3. The van der Waals surface area contributed by atoms with Crippen LogP contribution in [0.1, 0.15) is 25.5 Å². The van der Waals surface area contributed by atoms with Crippen LogP contribution in [0.2, 0.25) is 0 Å².